The molecule has 0 radical (unpaired) electrons. The lowest BCUT2D eigenvalue weighted by atomic mass is 9.96. The van der Waals surface area contributed by atoms with Crippen LogP contribution < -0.4 is 0 Å². The Morgan fingerprint density at radius 2 is 2.11 bits per heavy atom. The predicted molar refractivity (Wildman–Crippen MR) is 65.5 cm³/mol. The molecule has 1 aliphatic heterocycles. The Labute approximate surface area is 107 Å². The second-order valence-corrected chi connectivity index (χ2v) is 4.94. The van der Waals surface area contributed by atoms with Gasteiger partial charge in [-0.25, -0.2) is 0 Å². The normalized spacial score (nSPS) is 20.4. The van der Waals surface area contributed by atoms with Gasteiger partial charge in [0, 0.05) is 26.7 Å². The third-order valence-electron chi connectivity index (χ3n) is 2.94. The molecule has 1 heterocycles. The number of carbonyl (C=O) groups is 1. The van der Waals surface area contributed by atoms with Crippen molar-refractivity contribution >= 4 is 5.97 Å². The first-order chi connectivity index (χ1) is 8.51. The highest BCUT2D eigenvalue weighted by Gasteiger charge is 2.29. The van der Waals surface area contributed by atoms with Gasteiger partial charge in [0.05, 0.1) is 31.8 Å². The molecule has 1 fully saturated rings. The van der Waals surface area contributed by atoms with Gasteiger partial charge in [0.2, 0.25) is 0 Å². The molecule has 0 aliphatic carbocycles. The molecule has 1 rings (SSSR count). The van der Waals surface area contributed by atoms with Crippen molar-refractivity contribution in [3.63, 3.8) is 0 Å². The van der Waals surface area contributed by atoms with E-state index in [-0.39, 0.29) is 25.0 Å². The van der Waals surface area contributed by atoms with Crippen molar-refractivity contribution in [2.24, 2.45) is 5.92 Å². The van der Waals surface area contributed by atoms with Crippen LogP contribution in [0.25, 0.3) is 0 Å². The smallest absolute Gasteiger partial charge is 0.303 e. The first kappa shape index (κ1) is 15.4. The van der Waals surface area contributed by atoms with Crippen molar-refractivity contribution in [3.8, 4) is 0 Å². The quantitative estimate of drug-likeness (QED) is 0.598. The highest BCUT2D eigenvalue weighted by molar-refractivity contribution is 5.67. The maximum Gasteiger partial charge on any atom is 0.303 e. The second-order valence-electron chi connectivity index (χ2n) is 4.94. The average molecular weight is 261 g/mol. The lowest BCUT2D eigenvalue weighted by Gasteiger charge is -2.39. The molecule has 2 unspecified atom stereocenters. The molecule has 18 heavy (non-hydrogen) atoms. The van der Waals surface area contributed by atoms with Crippen molar-refractivity contribution in [2.45, 2.75) is 25.6 Å². The van der Waals surface area contributed by atoms with Crippen LogP contribution in [0.3, 0.4) is 0 Å². The maximum atomic E-state index is 10.5. The van der Waals surface area contributed by atoms with E-state index in [1.807, 2.05) is 11.8 Å². The fraction of sp³-hybridized carbons (Fsp3) is 0.917. The number of ether oxygens (including phenoxy) is 2. The molecule has 0 saturated carbocycles. The van der Waals surface area contributed by atoms with Gasteiger partial charge < -0.3 is 19.7 Å². The van der Waals surface area contributed by atoms with Crippen molar-refractivity contribution in [3.05, 3.63) is 0 Å². The number of nitrogens with zero attached hydrogens (tertiary/aromatic N) is 1. The maximum absolute atomic E-state index is 10.5. The number of rotatable bonds is 9. The third kappa shape index (κ3) is 5.77. The van der Waals surface area contributed by atoms with Crippen LogP contribution in [0.1, 0.15) is 13.3 Å². The standard InChI is InChI=1S/C12H23NO5/c1-9(7-17-2)18-8-11(14)6-13-4-10(5-13)3-12(15)16/h9-11,14H,3-8H2,1-2H3,(H,15,16). The largest absolute Gasteiger partial charge is 0.481 e. The average Bonchev–Trinajstić information content (AvgIpc) is 2.23. The number of hydrogen-bond acceptors (Lipinski definition) is 5. The Kier molecular flexibility index (Phi) is 6.56. The molecule has 0 aromatic rings. The zero-order valence-electron chi connectivity index (χ0n) is 11.0. The molecule has 6 nitrogen and oxygen atoms in total. The molecular formula is C12H23NO5. The summed E-state index contributed by atoms with van der Waals surface area (Å²) in [6, 6.07) is 0. The minimum atomic E-state index is -0.753. The van der Waals surface area contributed by atoms with Gasteiger partial charge in [-0.3, -0.25) is 9.69 Å². The minimum absolute atomic E-state index is 0.0270. The molecular weight excluding hydrogens is 238 g/mol. The van der Waals surface area contributed by atoms with Gasteiger partial charge in [-0.2, -0.15) is 0 Å². The van der Waals surface area contributed by atoms with E-state index in [4.69, 9.17) is 14.6 Å². The summed E-state index contributed by atoms with van der Waals surface area (Å²) in [5.74, 6) is -0.528. The van der Waals surface area contributed by atoms with E-state index in [9.17, 15) is 9.90 Å². The van der Waals surface area contributed by atoms with E-state index >= 15 is 0 Å². The van der Waals surface area contributed by atoms with E-state index in [1.54, 1.807) is 7.11 Å². The zero-order valence-corrected chi connectivity index (χ0v) is 11.0. The van der Waals surface area contributed by atoms with Crippen LogP contribution in [0.4, 0.5) is 0 Å². The summed E-state index contributed by atoms with van der Waals surface area (Å²) in [6.07, 6.45) is -0.343. The molecule has 0 spiro atoms. The van der Waals surface area contributed by atoms with Crippen molar-refractivity contribution in [2.75, 3.05) is 40.0 Å². The SMILES string of the molecule is COCC(C)OCC(O)CN1CC(CC(=O)O)C1. The Hall–Kier alpha value is -0.690. The predicted octanol–water partition coefficient (Wildman–Crippen LogP) is -0.195. The monoisotopic (exact) mass is 261 g/mol. The first-order valence-corrected chi connectivity index (χ1v) is 6.24. The number of aliphatic hydroxyl groups is 1. The lowest BCUT2D eigenvalue weighted by molar-refractivity contribution is -0.139. The van der Waals surface area contributed by atoms with E-state index in [1.165, 1.54) is 0 Å². The number of aliphatic hydroxyl groups excluding tert-OH is 1. The summed E-state index contributed by atoms with van der Waals surface area (Å²) in [5, 5.41) is 18.4. The van der Waals surface area contributed by atoms with Gasteiger partial charge in [0.25, 0.3) is 0 Å². The van der Waals surface area contributed by atoms with Crippen LogP contribution in [0.2, 0.25) is 0 Å². The third-order valence-corrected chi connectivity index (χ3v) is 2.94. The topological polar surface area (TPSA) is 79.2 Å². The Balaban J connectivity index is 2.04. The van der Waals surface area contributed by atoms with Crippen molar-refractivity contribution < 1.29 is 24.5 Å². The Morgan fingerprint density at radius 1 is 1.44 bits per heavy atom. The molecule has 106 valence electrons. The number of β-amino-alcohol motifs (C(OH)–C–C–N with tert-alkyl or cyclic N) is 1. The first-order valence-electron chi connectivity index (χ1n) is 6.24. The number of aliphatic carboxylic acids is 1. The van der Waals surface area contributed by atoms with Crippen LogP contribution in [-0.2, 0) is 14.3 Å². The second kappa shape index (κ2) is 7.68. The van der Waals surface area contributed by atoms with E-state index in [0.717, 1.165) is 13.1 Å². The summed E-state index contributed by atoms with van der Waals surface area (Å²) < 4.78 is 10.3. The molecule has 0 aromatic carbocycles. The zero-order chi connectivity index (χ0) is 13.5. The van der Waals surface area contributed by atoms with E-state index in [2.05, 4.69) is 0 Å². The molecule has 0 bridgehead atoms. The van der Waals surface area contributed by atoms with Crippen LogP contribution in [0, 0.1) is 5.92 Å². The highest BCUT2D eigenvalue weighted by atomic mass is 16.5. The van der Waals surface area contributed by atoms with E-state index in [0.29, 0.717) is 13.2 Å². The number of hydrogen-bond donors (Lipinski definition) is 2. The number of methoxy groups -OCH3 is 1. The van der Waals surface area contributed by atoms with Gasteiger partial charge in [-0.15, -0.1) is 0 Å². The molecule has 2 atom stereocenters. The van der Waals surface area contributed by atoms with Crippen LogP contribution in [0.5, 0.6) is 0 Å². The fourth-order valence-corrected chi connectivity index (χ4v) is 2.11. The number of carboxylic acids is 1. The van der Waals surface area contributed by atoms with Gasteiger partial charge in [-0.1, -0.05) is 0 Å². The van der Waals surface area contributed by atoms with Crippen LogP contribution >= 0.6 is 0 Å². The molecule has 1 saturated heterocycles. The number of carboxylic acid groups (broad SMARTS) is 1. The Morgan fingerprint density at radius 3 is 2.67 bits per heavy atom. The lowest BCUT2D eigenvalue weighted by Crippen LogP contribution is -2.51. The highest BCUT2D eigenvalue weighted by Crippen LogP contribution is 2.18. The van der Waals surface area contributed by atoms with Gasteiger partial charge >= 0.3 is 5.97 Å². The van der Waals surface area contributed by atoms with Gasteiger partial charge in [0.1, 0.15) is 0 Å². The number of likely N-dealkylation sites (tertiary alicyclic amines) is 1. The molecule has 6 heteroatoms. The van der Waals surface area contributed by atoms with E-state index < -0.39 is 12.1 Å². The van der Waals surface area contributed by atoms with Crippen LogP contribution in [0.15, 0.2) is 0 Å². The van der Waals surface area contributed by atoms with Crippen LogP contribution in [-0.4, -0.2) is 73.2 Å². The molecule has 0 aromatic heterocycles. The summed E-state index contributed by atoms with van der Waals surface area (Å²) in [6.45, 7) is 4.72. The summed E-state index contributed by atoms with van der Waals surface area (Å²) >= 11 is 0. The summed E-state index contributed by atoms with van der Waals surface area (Å²) in [4.78, 5) is 12.5. The Bertz CT molecular complexity index is 255. The molecule has 0 amide bonds. The minimum Gasteiger partial charge on any atom is -0.481 e. The fourth-order valence-electron chi connectivity index (χ4n) is 2.11. The van der Waals surface area contributed by atoms with Crippen molar-refractivity contribution in [1.29, 1.82) is 0 Å². The summed E-state index contributed by atoms with van der Waals surface area (Å²) in [5.41, 5.74) is 0. The van der Waals surface area contributed by atoms with Crippen molar-refractivity contribution in [1.82, 2.24) is 4.90 Å². The van der Waals surface area contributed by atoms with Gasteiger partial charge in [-0.05, 0) is 12.8 Å². The summed E-state index contributed by atoms with van der Waals surface area (Å²) in [7, 11) is 1.61. The van der Waals surface area contributed by atoms with Gasteiger partial charge in [0.15, 0.2) is 0 Å². The molecule has 1 aliphatic rings. The molecule has 2 N–H and O–H groups in total.